The van der Waals surface area contributed by atoms with Crippen molar-refractivity contribution in [1.29, 1.82) is 0 Å². The number of carbonyl (C=O) groups is 2. The van der Waals surface area contributed by atoms with Crippen LogP contribution in [0.25, 0.3) is 0 Å². The zero-order valence-corrected chi connectivity index (χ0v) is 19.0. The number of pyridine rings is 1. The smallest absolute Gasteiger partial charge is 0.261 e. The van der Waals surface area contributed by atoms with Crippen LogP contribution in [0.1, 0.15) is 63.8 Å². The van der Waals surface area contributed by atoms with Crippen molar-refractivity contribution in [2.75, 3.05) is 32.8 Å². The van der Waals surface area contributed by atoms with Crippen LogP contribution < -0.4 is 10.9 Å². The molecule has 0 saturated carbocycles. The number of carbonyl (C=O) groups excluding carboxylic acids is 2. The average molecular weight is 438 g/mol. The first kappa shape index (κ1) is 22.4. The van der Waals surface area contributed by atoms with Crippen molar-refractivity contribution in [3.05, 3.63) is 68.6 Å². The highest BCUT2D eigenvalue weighted by Crippen LogP contribution is 2.33. The molecule has 2 aliphatic rings. The molecule has 4 rings (SSSR count). The van der Waals surface area contributed by atoms with Crippen molar-refractivity contribution < 1.29 is 14.3 Å². The number of nitrogens with zero attached hydrogens (tertiary/aromatic N) is 1. The SMILES string of the molecule is Cc1cccc(C(CNC(=O)c2cc3c([nH]c2=O)CC(C)(C)CC3=O)N2CCOCC2)c1. The van der Waals surface area contributed by atoms with Gasteiger partial charge in [0.25, 0.3) is 11.5 Å². The first-order valence-electron chi connectivity index (χ1n) is 11.2. The fourth-order valence-corrected chi connectivity index (χ4v) is 4.71. The fraction of sp³-hybridized carbons (Fsp3) is 0.480. The van der Waals surface area contributed by atoms with Crippen molar-refractivity contribution in [2.45, 2.75) is 39.7 Å². The van der Waals surface area contributed by atoms with E-state index in [2.05, 4.69) is 27.3 Å². The van der Waals surface area contributed by atoms with Crippen molar-refractivity contribution in [3.63, 3.8) is 0 Å². The number of morpholine rings is 1. The van der Waals surface area contributed by atoms with Gasteiger partial charge < -0.3 is 15.0 Å². The Labute approximate surface area is 188 Å². The van der Waals surface area contributed by atoms with E-state index in [-0.39, 0.29) is 22.8 Å². The number of hydrogen-bond acceptors (Lipinski definition) is 5. The summed E-state index contributed by atoms with van der Waals surface area (Å²) in [6.07, 6.45) is 1.01. The number of fused-ring (bicyclic) bond motifs is 1. The van der Waals surface area contributed by atoms with E-state index in [1.165, 1.54) is 6.07 Å². The molecule has 2 heterocycles. The van der Waals surface area contributed by atoms with Crippen LogP contribution in [-0.4, -0.2) is 54.4 Å². The monoisotopic (exact) mass is 437 g/mol. The predicted molar refractivity (Wildman–Crippen MR) is 122 cm³/mol. The van der Waals surface area contributed by atoms with Crippen molar-refractivity contribution in [3.8, 4) is 0 Å². The van der Waals surface area contributed by atoms with Gasteiger partial charge in [0.15, 0.2) is 5.78 Å². The largest absolute Gasteiger partial charge is 0.379 e. The topological polar surface area (TPSA) is 91.5 Å². The number of hydrogen-bond donors (Lipinski definition) is 2. The number of nitrogens with one attached hydrogen (secondary N) is 2. The van der Waals surface area contributed by atoms with Gasteiger partial charge in [-0.25, -0.2) is 0 Å². The third-order valence-electron chi connectivity index (χ3n) is 6.33. The Bertz CT molecular complexity index is 1080. The van der Waals surface area contributed by atoms with Gasteiger partial charge in [-0.15, -0.1) is 0 Å². The number of Topliss-reactive ketones (excluding diaryl/α,β-unsaturated/α-hetero) is 1. The maximum Gasteiger partial charge on any atom is 0.261 e. The Hall–Kier alpha value is -2.77. The Morgan fingerprint density at radius 1 is 1.19 bits per heavy atom. The molecule has 1 fully saturated rings. The normalized spacial score (nSPS) is 19.3. The summed E-state index contributed by atoms with van der Waals surface area (Å²) in [4.78, 5) is 43.3. The van der Waals surface area contributed by atoms with Gasteiger partial charge in [-0.3, -0.25) is 19.3 Å². The molecule has 170 valence electrons. The van der Waals surface area contributed by atoms with Crippen molar-refractivity contribution in [1.82, 2.24) is 15.2 Å². The quantitative estimate of drug-likeness (QED) is 0.750. The van der Waals surface area contributed by atoms with Gasteiger partial charge in [0.2, 0.25) is 0 Å². The third-order valence-corrected chi connectivity index (χ3v) is 6.33. The molecule has 7 heteroatoms. The maximum absolute atomic E-state index is 13.0. The molecule has 2 aromatic rings. The molecule has 1 unspecified atom stereocenters. The van der Waals surface area contributed by atoms with Gasteiger partial charge in [0.05, 0.1) is 19.3 Å². The van der Waals surface area contributed by atoms with Gasteiger partial charge in [0, 0.05) is 37.3 Å². The molecule has 0 radical (unpaired) electrons. The predicted octanol–water partition coefficient (Wildman–Crippen LogP) is 2.64. The summed E-state index contributed by atoms with van der Waals surface area (Å²) in [6, 6.07) is 9.69. The first-order chi connectivity index (χ1) is 15.2. The standard InChI is InChI=1S/C25H31N3O4/c1-16-5-4-6-17(11-16)21(28-7-9-32-10-8-28)15-26-23(30)19-12-18-20(27-24(19)31)13-25(2,3)14-22(18)29/h4-6,11-12,21H,7-10,13-15H2,1-3H3,(H,26,30)(H,27,31). The minimum Gasteiger partial charge on any atom is -0.379 e. The lowest BCUT2D eigenvalue weighted by Crippen LogP contribution is -2.44. The van der Waals surface area contributed by atoms with Gasteiger partial charge >= 0.3 is 0 Å². The number of aromatic amines is 1. The minimum absolute atomic E-state index is 0.0122. The Kier molecular flexibility index (Phi) is 6.31. The van der Waals surface area contributed by atoms with Crippen LogP contribution in [-0.2, 0) is 11.2 Å². The summed E-state index contributed by atoms with van der Waals surface area (Å²) in [5.41, 5.74) is 2.68. The summed E-state index contributed by atoms with van der Waals surface area (Å²) >= 11 is 0. The first-order valence-corrected chi connectivity index (χ1v) is 11.2. The second kappa shape index (κ2) is 9.00. The number of H-pyrrole nitrogens is 1. The third kappa shape index (κ3) is 4.84. The molecule has 1 aliphatic carbocycles. The minimum atomic E-state index is -0.461. The van der Waals surface area contributed by atoms with Crippen molar-refractivity contribution >= 4 is 11.7 Å². The van der Waals surface area contributed by atoms with Crippen LogP contribution in [0, 0.1) is 12.3 Å². The van der Waals surface area contributed by atoms with Crippen LogP contribution in [0.3, 0.4) is 0 Å². The number of ketones is 1. The van der Waals surface area contributed by atoms with E-state index in [0.717, 1.165) is 24.2 Å². The highest BCUT2D eigenvalue weighted by Gasteiger charge is 2.33. The van der Waals surface area contributed by atoms with Crippen LogP contribution in [0.5, 0.6) is 0 Å². The highest BCUT2D eigenvalue weighted by molar-refractivity contribution is 6.02. The Morgan fingerprint density at radius 2 is 1.94 bits per heavy atom. The average Bonchev–Trinajstić information content (AvgIpc) is 2.73. The molecule has 0 bridgehead atoms. The van der Waals surface area contributed by atoms with Crippen LogP contribution in [0.4, 0.5) is 0 Å². The van der Waals surface area contributed by atoms with E-state index in [0.29, 0.717) is 43.9 Å². The van der Waals surface area contributed by atoms with Gasteiger partial charge in [-0.2, -0.15) is 0 Å². The molecule has 1 amide bonds. The molecule has 1 atom stereocenters. The van der Waals surface area contributed by atoms with Crippen LogP contribution in [0.2, 0.25) is 0 Å². The molecule has 2 N–H and O–H groups in total. The Morgan fingerprint density at radius 3 is 2.66 bits per heavy atom. The lowest BCUT2D eigenvalue weighted by Gasteiger charge is -2.35. The summed E-state index contributed by atoms with van der Waals surface area (Å²) in [6.45, 7) is 9.27. The maximum atomic E-state index is 13.0. The van der Waals surface area contributed by atoms with Crippen LogP contribution in [0.15, 0.2) is 35.1 Å². The molecule has 0 spiro atoms. The van der Waals surface area contributed by atoms with E-state index >= 15 is 0 Å². The molecule has 7 nitrogen and oxygen atoms in total. The van der Waals surface area contributed by atoms with Gasteiger partial charge in [-0.1, -0.05) is 43.7 Å². The summed E-state index contributed by atoms with van der Waals surface area (Å²) in [5, 5.41) is 2.94. The van der Waals surface area contributed by atoms with E-state index < -0.39 is 11.5 Å². The van der Waals surface area contributed by atoms with E-state index in [9.17, 15) is 14.4 Å². The molecule has 1 saturated heterocycles. The second-order valence-electron chi connectivity index (χ2n) is 9.63. The van der Waals surface area contributed by atoms with Crippen molar-refractivity contribution in [2.24, 2.45) is 5.41 Å². The number of amides is 1. The second-order valence-corrected chi connectivity index (χ2v) is 9.63. The zero-order valence-electron chi connectivity index (χ0n) is 19.0. The molecule has 32 heavy (non-hydrogen) atoms. The number of benzene rings is 1. The Balaban J connectivity index is 1.55. The summed E-state index contributed by atoms with van der Waals surface area (Å²) < 4.78 is 5.49. The lowest BCUT2D eigenvalue weighted by atomic mass is 9.75. The van der Waals surface area contributed by atoms with Gasteiger partial charge in [-0.05, 0) is 30.4 Å². The fourth-order valence-electron chi connectivity index (χ4n) is 4.71. The number of aromatic nitrogens is 1. The lowest BCUT2D eigenvalue weighted by molar-refractivity contribution is 0.0162. The molecule has 1 aromatic carbocycles. The molecular weight excluding hydrogens is 406 g/mol. The number of ether oxygens (including phenoxy) is 1. The summed E-state index contributed by atoms with van der Waals surface area (Å²) in [7, 11) is 0. The summed E-state index contributed by atoms with van der Waals surface area (Å²) in [5.74, 6) is -0.495. The number of aryl methyl sites for hydroxylation is 1. The van der Waals surface area contributed by atoms with Gasteiger partial charge in [0.1, 0.15) is 5.56 Å². The molecular formula is C25H31N3O4. The van der Waals surface area contributed by atoms with E-state index in [1.54, 1.807) is 0 Å². The van der Waals surface area contributed by atoms with E-state index in [4.69, 9.17) is 4.74 Å². The van der Waals surface area contributed by atoms with Crippen LogP contribution >= 0.6 is 0 Å². The molecule has 1 aliphatic heterocycles. The van der Waals surface area contributed by atoms with E-state index in [1.807, 2.05) is 32.9 Å². The zero-order chi connectivity index (χ0) is 22.9. The number of rotatable bonds is 5. The highest BCUT2D eigenvalue weighted by atomic mass is 16.5. The molecule has 1 aromatic heterocycles.